The number of methoxy groups -OCH3 is 1. The van der Waals surface area contributed by atoms with Gasteiger partial charge < -0.3 is 14.8 Å². The third-order valence-electron chi connectivity index (χ3n) is 3.49. The van der Waals surface area contributed by atoms with Gasteiger partial charge in [-0.2, -0.15) is 0 Å². The van der Waals surface area contributed by atoms with E-state index in [1.807, 2.05) is 42.5 Å². The lowest BCUT2D eigenvalue weighted by Gasteiger charge is -2.11. The number of ether oxygens (including phenoxy) is 2. The first-order valence-electron chi connectivity index (χ1n) is 7.72. The molecule has 0 saturated carbocycles. The number of hydrogen-bond donors (Lipinski definition) is 1. The molecule has 0 saturated heterocycles. The second kappa shape index (κ2) is 8.63. The lowest BCUT2D eigenvalue weighted by molar-refractivity contribution is -0.163. The predicted molar refractivity (Wildman–Crippen MR) is 91.8 cm³/mol. The zero-order valence-corrected chi connectivity index (χ0v) is 14.0. The van der Waals surface area contributed by atoms with Gasteiger partial charge in [-0.15, -0.1) is 0 Å². The first-order chi connectivity index (χ1) is 12.0. The highest BCUT2D eigenvalue weighted by Gasteiger charge is 2.18. The fraction of sp³-hybridized carbons (Fsp3) is 0.211. The third-order valence-corrected chi connectivity index (χ3v) is 3.49. The maximum absolute atomic E-state index is 12.1. The molecule has 0 aliphatic carbocycles. The van der Waals surface area contributed by atoms with Crippen LogP contribution in [0.5, 0.6) is 0 Å². The molecule has 1 amide bonds. The molecule has 0 aliphatic heterocycles. The van der Waals surface area contributed by atoms with Crippen LogP contribution in [0.25, 0.3) is 11.1 Å². The highest BCUT2D eigenvalue weighted by Crippen LogP contribution is 2.19. The van der Waals surface area contributed by atoms with E-state index in [0.717, 1.165) is 11.1 Å². The fourth-order valence-electron chi connectivity index (χ4n) is 2.15. The molecule has 1 unspecified atom stereocenters. The number of carbonyl (C=O) groups is 3. The van der Waals surface area contributed by atoms with Crippen molar-refractivity contribution in [1.29, 1.82) is 0 Å². The molecule has 0 spiro atoms. The molecule has 25 heavy (non-hydrogen) atoms. The molecule has 0 fully saturated rings. The normalized spacial score (nSPS) is 11.3. The monoisotopic (exact) mass is 341 g/mol. The van der Waals surface area contributed by atoms with Gasteiger partial charge in [0, 0.05) is 5.56 Å². The summed E-state index contributed by atoms with van der Waals surface area (Å²) in [5.41, 5.74) is 2.46. The van der Waals surface area contributed by atoms with Gasteiger partial charge in [-0.25, -0.2) is 4.79 Å². The van der Waals surface area contributed by atoms with Gasteiger partial charge in [0.2, 0.25) is 0 Å². The molecule has 0 heterocycles. The summed E-state index contributed by atoms with van der Waals surface area (Å²) in [6.07, 6.45) is -1.01. The number of esters is 2. The Morgan fingerprint density at radius 1 is 0.960 bits per heavy atom. The zero-order valence-electron chi connectivity index (χ0n) is 14.0. The minimum absolute atomic E-state index is 0.333. The predicted octanol–water partition coefficient (Wildman–Crippen LogP) is 2.19. The molecule has 2 rings (SSSR count). The molecule has 6 heteroatoms. The Morgan fingerprint density at radius 2 is 1.56 bits per heavy atom. The first kappa shape index (κ1) is 18.2. The van der Waals surface area contributed by atoms with Crippen LogP contribution in [0.1, 0.15) is 17.3 Å². The maximum atomic E-state index is 12.1. The van der Waals surface area contributed by atoms with Crippen molar-refractivity contribution >= 4 is 17.8 Å². The summed E-state index contributed by atoms with van der Waals surface area (Å²) in [6.45, 7) is 1.06. The van der Waals surface area contributed by atoms with Crippen molar-refractivity contribution in [3.63, 3.8) is 0 Å². The average molecular weight is 341 g/mol. The second-order valence-corrected chi connectivity index (χ2v) is 5.28. The highest BCUT2D eigenvalue weighted by atomic mass is 16.6. The van der Waals surface area contributed by atoms with Crippen LogP contribution in [0.4, 0.5) is 0 Å². The van der Waals surface area contributed by atoms with Crippen LogP contribution in [0.15, 0.2) is 54.6 Å². The van der Waals surface area contributed by atoms with Gasteiger partial charge in [0.05, 0.1) is 7.11 Å². The summed E-state index contributed by atoms with van der Waals surface area (Å²) in [7, 11) is 1.20. The van der Waals surface area contributed by atoms with E-state index in [1.165, 1.54) is 14.0 Å². The van der Waals surface area contributed by atoms with Crippen LogP contribution in [0, 0.1) is 0 Å². The van der Waals surface area contributed by atoms with Gasteiger partial charge in [0.25, 0.3) is 5.91 Å². The Balaban J connectivity index is 1.89. The number of rotatable bonds is 6. The van der Waals surface area contributed by atoms with E-state index < -0.39 is 23.9 Å². The van der Waals surface area contributed by atoms with E-state index in [0.29, 0.717) is 5.56 Å². The van der Waals surface area contributed by atoms with E-state index in [9.17, 15) is 14.4 Å². The molecule has 2 aromatic rings. The van der Waals surface area contributed by atoms with E-state index >= 15 is 0 Å². The number of nitrogens with one attached hydrogen (secondary N) is 1. The number of benzene rings is 2. The van der Waals surface area contributed by atoms with Crippen LogP contribution in [-0.2, 0) is 19.1 Å². The molecule has 0 radical (unpaired) electrons. The van der Waals surface area contributed by atoms with Gasteiger partial charge in [0.1, 0.15) is 6.54 Å². The zero-order chi connectivity index (χ0) is 18.2. The number of carbonyl (C=O) groups excluding carboxylic acids is 3. The van der Waals surface area contributed by atoms with Gasteiger partial charge in [0.15, 0.2) is 6.10 Å². The molecular formula is C19H19NO5. The van der Waals surface area contributed by atoms with Gasteiger partial charge >= 0.3 is 11.9 Å². The Labute approximate surface area is 145 Å². The fourth-order valence-corrected chi connectivity index (χ4v) is 2.15. The lowest BCUT2D eigenvalue weighted by atomic mass is 10.0. The Kier molecular flexibility index (Phi) is 6.28. The van der Waals surface area contributed by atoms with E-state index in [4.69, 9.17) is 4.74 Å². The largest absolute Gasteiger partial charge is 0.466 e. The summed E-state index contributed by atoms with van der Waals surface area (Å²) in [6, 6.07) is 16.8. The smallest absolute Gasteiger partial charge is 0.346 e. The minimum Gasteiger partial charge on any atom is -0.466 e. The molecule has 0 aliphatic rings. The molecule has 130 valence electrons. The standard InChI is InChI=1S/C19H19NO5/c1-13(19(23)24-2)25-17(21)12-20-18(22)16-10-8-15(9-11-16)14-6-4-3-5-7-14/h3-11,13H,12H2,1-2H3,(H,20,22). The van der Waals surface area contributed by atoms with E-state index in [1.54, 1.807) is 12.1 Å². The van der Waals surface area contributed by atoms with Crippen LogP contribution in [0.3, 0.4) is 0 Å². The van der Waals surface area contributed by atoms with Crippen LogP contribution in [0.2, 0.25) is 0 Å². The average Bonchev–Trinajstić information content (AvgIpc) is 2.66. The number of amides is 1. The van der Waals surface area contributed by atoms with Crippen LogP contribution in [-0.4, -0.2) is 37.6 Å². The second-order valence-electron chi connectivity index (χ2n) is 5.28. The highest BCUT2D eigenvalue weighted by molar-refractivity contribution is 5.96. The van der Waals surface area contributed by atoms with Crippen LogP contribution < -0.4 is 5.32 Å². The van der Waals surface area contributed by atoms with Crippen molar-refractivity contribution in [2.45, 2.75) is 13.0 Å². The van der Waals surface area contributed by atoms with Gasteiger partial charge in [-0.05, 0) is 30.2 Å². The van der Waals surface area contributed by atoms with Crippen molar-refractivity contribution in [1.82, 2.24) is 5.32 Å². The summed E-state index contributed by atoms with van der Waals surface area (Å²) in [4.78, 5) is 34.8. The van der Waals surface area contributed by atoms with Crippen molar-refractivity contribution < 1.29 is 23.9 Å². The van der Waals surface area contributed by atoms with Crippen molar-refractivity contribution in [2.24, 2.45) is 0 Å². The van der Waals surface area contributed by atoms with Crippen molar-refractivity contribution in [3.05, 3.63) is 60.2 Å². The topological polar surface area (TPSA) is 81.7 Å². The van der Waals surface area contributed by atoms with Gasteiger partial charge in [-0.3, -0.25) is 9.59 Å². The molecule has 1 N–H and O–H groups in total. The van der Waals surface area contributed by atoms with E-state index in [-0.39, 0.29) is 6.54 Å². The minimum atomic E-state index is -1.01. The summed E-state index contributed by atoms with van der Waals surface area (Å²) >= 11 is 0. The third kappa shape index (κ3) is 5.17. The van der Waals surface area contributed by atoms with Gasteiger partial charge in [-0.1, -0.05) is 42.5 Å². The van der Waals surface area contributed by atoms with Crippen molar-refractivity contribution in [2.75, 3.05) is 13.7 Å². The van der Waals surface area contributed by atoms with Crippen LogP contribution >= 0.6 is 0 Å². The van der Waals surface area contributed by atoms with Crippen molar-refractivity contribution in [3.8, 4) is 11.1 Å². The Bertz CT molecular complexity index is 740. The molecule has 2 aromatic carbocycles. The summed E-state index contributed by atoms with van der Waals surface area (Å²) in [5.74, 6) is -1.77. The quantitative estimate of drug-likeness (QED) is 0.815. The van der Waals surface area contributed by atoms with E-state index in [2.05, 4.69) is 10.1 Å². The number of hydrogen-bond acceptors (Lipinski definition) is 5. The molecule has 0 aromatic heterocycles. The lowest BCUT2D eigenvalue weighted by Crippen LogP contribution is -2.34. The molecule has 6 nitrogen and oxygen atoms in total. The Hall–Kier alpha value is -3.15. The molecule has 0 bridgehead atoms. The summed E-state index contributed by atoms with van der Waals surface area (Å²) < 4.78 is 9.29. The molecular weight excluding hydrogens is 322 g/mol. The molecule has 1 atom stereocenters. The Morgan fingerprint density at radius 3 is 2.16 bits per heavy atom. The SMILES string of the molecule is COC(=O)C(C)OC(=O)CNC(=O)c1ccc(-c2ccccc2)cc1. The maximum Gasteiger partial charge on any atom is 0.346 e. The summed E-state index contributed by atoms with van der Waals surface area (Å²) in [5, 5.41) is 2.45. The first-order valence-corrected chi connectivity index (χ1v) is 7.72.